The quantitative estimate of drug-likeness (QED) is 0.419. The maximum Gasteiger partial charge on any atom is 0.191 e. The van der Waals surface area contributed by atoms with E-state index in [2.05, 4.69) is 41.6 Å². The van der Waals surface area contributed by atoms with Gasteiger partial charge in [0.2, 0.25) is 0 Å². The van der Waals surface area contributed by atoms with Gasteiger partial charge in [-0.25, -0.2) is 4.99 Å². The minimum absolute atomic E-state index is 0.527. The van der Waals surface area contributed by atoms with Crippen LogP contribution in [0.3, 0.4) is 0 Å². The molecule has 0 bridgehead atoms. The number of thiophene rings is 1. The van der Waals surface area contributed by atoms with Crippen molar-refractivity contribution in [3.8, 4) is 0 Å². The second-order valence-electron chi connectivity index (χ2n) is 5.12. The van der Waals surface area contributed by atoms with Crippen LogP contribution in [0.2, 0.25) is 0 Å². The van der Waals surface area contributed by atoms with Crippen molar-refractivity contribution in [1.29, 1.82) is 0 Å². The van der Waals surface area contributed by atoms with Crippen molar-refractivity contribution in [2.45, 2.75) is 33.4 Å². The predicted molar refractivity (Wildman–Crippen MR) is 94.9 cm³/mol. The third-order valence-electron chi connectivity index (χ3n) is 3.12. The first kappa shape index (κ1) is 17.6. The molecule has 2 heterocycles. The van der Waals surface area contributed by atoms with Crippen molar-refractivity contribution in [3.05, 3.63) is 46.0 Å². The van der Waals surface area contributed by atoms with Crippen molar-refractivity contribution in [1.82, 2.24) is 10.6 Å². The minimum Gasteiger partial charge on any atom is -0.467 e. The molecule has 0 fully saturated rings. The van der Waals surface area contributed by atoms with E-state index in [0.29, 0.717) is 19.8 Å². The van der Waals surface area contributed by atoms with Crippen LogP contribution in [-0.2, 0) is 17.9 Å². The Labute approximate surface area is 141 Å². The Kier molecular flexibility index (Phi) is 7.69. The summed E-state index contributed by atoms with van der Waals surface area (Å²) in [5.74, 6) is 1.71. The zero-order chi connectivity index (χ0) is 16.3. The van der Waals surface area contributed by atoms with Gasteiger partial charge in [-0.1, -0.05) is 0 Å². The Balaban J connectivity index is 1.63. The summed E-state index contributed by atoms with van der Waals surface area (Å²) in [6, 6.07) is 8.05. The molecule has 0 aliphatic rings. The van der Waals surface area contributed by atoms with Gasteiger partial charge in [0, 0.05) is 29.5 Å². The molecule has 0 amide bonds. The largest absolute Gasteiger partial charge is 0.467 e. The van der Waals surface area contributed by atoms with Crippen molar-refractivity contribution < 1.29 is 9.15 Å². The van der Waals surface area contributed by atoms with Gasteiger partial charge in [-0.15, -0.1) is 11.3 Å². The maximum absolute atomic E-state index is 5.56. The van der Waals surface area contributed by atoms with E-state index in [9.17, 15) is 0 Å². The van der Waals surface area contributed by atoms with Crippen molar-refractivity contribution in [2.24, 2.45) is 4.99 Å². The first-order valence-electron chi connectivity index (χ1n) is 7.95. The summed E-state index contributed by atoms with van der Waals surface area (Å²) >= 11 is 1.79. The van der Waals surface area contributed by atoms with Crippen molar-refractivity contribution in [2.75, 3.05) is 19.7 Å². The molecule has 0 saturated carbocycles. The number of rotatable bonds is 9. The fourth-order valence-corrected chi connectivity index (χ4v) is 2.83. The summed E-state index contributed by atoms with van der Waals surface area (Å²) in [4.78, 5) is 7.20. The maximum atomic E-state index is 5.56. The van der Waals surface area contributed by atoms with Gasteiger partial charge in [0.05, 0.1) is 12.8 Å². The van der Waals surface area contributed by atoms with Crippen molar-refractivity contribution >= 4 is 17.3 Å². The summed E-state index contributed by atoms with van der Waals surface area (Å²) in [5.41, 5.74) is 0. The highest BCUT2D eigenvalue weighted by Gasteiger charge is 2.00. The van der Waals surface area contributed by atoms with Gasteiger partial charge in [0.25, 0.3) is 0 Å². The molecule has 2 N–H and O–H groups in total. The molecule has 0 atom stereocenters. The van der Waals surface area contributed by atoms with E-state index in [1.165, 1.54) is 9.75 Å². The minimum atomic E-state index is 0.527. The number of hydrogen-bond donors (Lipinski definition) is 2. The van der Waals surface area contributed by atoms with Gasteiger partial charge < -0.3 is 19.8 Å². The van der Waals surface area contributed by atoms with Crippen LogP contribution in [0.4, 0.5) is 0 Å². The lowest BCUT2D eigenvalue weighted by Crippen LogP contribution is -2.38. The average Bonchev–Trinajstić information content (AvgIpc) is 3.19. The Morgan fingerprint density at radius 3 is 2.91 bits per heavy atom. The van der Waals surface area contributed by atoms with Crippen LogP contribution in [0.5, 0.6) is 0 Å². The normalized spacial score (nSPS) is 11.7. The molecule has 0 saturated heterocycles. The Morgan fingerprint density at radius 1 is 1.30 bits per heavy atom. The van der Waals surface area contributed by atoms with E-state index in [4.69, 9.17) is 9.15 Å². The molecule has 0 aliphatic carbocycles. The molecule has 5 nitrogen and oxygen atoms in total. The molecule has 2 aromatic heterocycles. The molecule has 126 valence electrons. The second kappa shape index (κ2) is 10.1. The van der Waals surface area contributed by atoms with Gasteiger partial charge in [-0.3, -0.25) is 0 Å². The van der Waals surface area contributed by atoms with E-state index in [1.807, 2.05) is 12.1 Å². The summed E-state index contributed by atoms with van der Waals surface area (Å²) < 4.78 is 10.8. The highest BCUT2D eigenvalue weighted by molar-refractivity contribution is 7.11. The molecular weight excluding hydrogens is 310 g/mol. The van der Waals surface area contributed by atoms with Gasteiger partial charge in [-0.2, -0.15) is 0 Å². The van der Waals surface area contributed by atoms with E-state index in [0.717, 1.165) is 31.2 Å². The molecule has 0 spiro atoms. The van der Waals surface area contributed by atoms with Gasteiger partial charge in [0.15, 0.2) is 5.96 Å². The third-order valence-corrected chi connectivity index (χ3v) is 4.10. The Morgan fingerprint density at radius 2 is 2.22 bits per heavy atom. The lowest BCUT2D eigenvalue weighted by Gasteiger charge is -2.11. The van der Waals surface area contributed by atoms with E-state index in [-0.39, 0.29) is 0 Å². The standard InChI is InChI=1S/C17H25N3O2S/c1-3-18-17(20-12-16-8-7-14(2)23-16)19-9-5-10-21-13-15-6-4-11-22-15/h4,6-8,11H,3,5,9-10,12-13H2,1-2H3,(H2,18,19,20). The lowest BCUT2D eigenvalue weighted by molar-refractivity contribution is 0.105. The first-order valence-corrected chi connectivity index (χ1v) is 8.77. The second-order valence-corrected chi connectivity index (χ2v) is 6.49. The molecule has 0 radical (unpaired) electrons. The number of hydrogen-bond acceptors (Lipinski definition) is 4. The summed E-state index contributed by atoms with van der Waals surface area (Å²) in [7, 11) is 0. The molecule has 23 heavy (non-hydrogen) atoms. The Bertz CT molecular complexity index is 578. The van der Waals surface area contributed by atoms with Crippen LogP contribution in [0, 0.1) is 6.92 Å². The van der Waals surface area contributed by atoms with Crippen LogP contribution in [0.25, 0.3) is 0 Å². The van der Waals surface area contributed by atoms with E-state index < -0.39 is 0 Å². The predicted octanol–water partition coefficient (Wildman–Crippen LogP) is 3.31. The number of aryl methyl sites for hydroxylation is 1. The number of guanidine groups is 1. The number of ether oxygens (including phenoxy) is 1. The van der Waals surface area contributed by atoms with Crippen LogP contribution in [0.15, 0.2) is 39.9 Å². The molecule has 2 aromatic rings. The zero-order valence-electron chi connectivity index (χ0n) is 13.8. The molecular formula is C17H25N3O2S. The highest BCUT2D eigenvalue weighted by atomic mass is 32.1. The highest BCUT2D eigenvalue weighted by Crippen LogP contribution is 2.15. The fraction of sp³-hybridized carbons (Fsp3) is 0.471. The molecule has 0 aromatic carbocycles. The summed E-state index contributed by atoms with van der Waals surface area (Å²) in [6.07, 6.45) is 2.58. The monoisotopic (exact) mass is 335 g/mol. The van der Waals surface area contributed by atoms with Crippen LogP contribution >= 0.6 is 11.3 Å². The Hall–Kier alpha value is -1.79. The molecule has 0 aliphatic heterocycles. The molecule has 2 rings (SSSR count). The van der Waals surface area contributed by atoms with Crippen molar-refractivity contribution in [3.63, 3.8) is 0 Å². The lowest BCUT2D eigenvalue weighted by atomic mass is 10.4. The van der Waals surface area contributed by atoms with Gasteiger partial charge in [0.1, 0.15) is 12.4 Å². The smallest absolute Gasteiger partial charge is 0.191 e. The van der Waals surface area contributed by atoms with E-state index >= 15 is 0 Å². The average molecular weight is 335 g/mol. The number of nitrogens with one attached hydrogen (secondary N) is 2. The van der Waals surface area contributed by atoms with Gasteiger partial charge >= 0.3 is 0 Å². The van der Waals surface area contributed by atoms with Crippen LogP contribution < -0.4 is 10.6 Å². The zero-order valence-corrected chi connectivity index (χ0v) is 14.6. The SMILES string of the molecule is CCNC(=NCc1ccc(C)s1)NCCCOCc1ccco1. The van der Waals surface area contributed by atoms with Crippen LogP contribution in [0.1, 0.15) is 28.9 Å². The summed E-state index contributed by atoms with van der Waals surface area (Å²) in [5, 5.41) is 6.59. The number of aliphatic imine (C=N–C) groups is 1. The fourth-order valence-electron chi connectivity index (χ4n) is 2.02. The van der Waals surface area contributed by atoms with Gasteiger partial charge in [-0.05, 0) is 44.5 Å². The first-order chi connectivity index (χ1) is 11.3. The van der Waals surface area contributed by atoms with E-state index in [1.54, 1.807) is 17.6 Å². The number of furan rings is 1. The summed E-state index contributed by atoms with van der Waals surface area (Å²) in [6.45, 7) is 7.79. The third kappa shape index (κ3) is 6.88. The number of nitrogens with zero attached hydrogens (tertiary/aromatic N) is 1. The van der Waals surface area contributed by atoms with Crippen LogP contribution in [-0.4, -0.2) is 25.7 Å². The molecule has 0 unspecified atom stereocenters. The topological polar surface area (TPSA) is 58.8 Å². The molecule has 6 heteroatoms.